The number of carboxylic acid groups (broad SMARTS) is 1. The summed E-state index contributed by atoms with van der Waals surface area (Å²) in [6.45, 7) is 1.61. The van der Waals surface area contributed by atoms with E-state index >= 15 is 0 Å². The van der Waals surface area contributed by atoms with E-state index < -0.39 is 28.2 Å². The molecule has 1 rings (SSSR count). The summed E-state index contributed by atoms with van der Waals surface area (Å²) in [6.07, 6.45) is -1.85. The number of carboxylic acids is 1. The summed E-state index contributed by atoms with van der Waals surface area (Å²) in [7, 11) is 0. The maximum Gasteiger partial charge on any atom is 0.337 e. The van der Waals surface area contributed by atoms with E-state index in [-0.39, 0.29) is 17.8 Å². The summed E-state index contributed by atoms with van der Waals surface area (Å²) in [5, 5.41) is 28.8. The maximum atomic E-state index is 11.4. The van der Waals surface area contributed by atoms with Crippen LogP contribution in [0.15, 0.2) is 18.2 Å². The Labute approximate surface area is 102 Å². The van der Waals surface area contributed by atoms with Gasteiger partial charge >= 0.3 is 5.97 Å². The molecule has 0 heterocycles. The number of nitro groups is 1. The Kier molecular flexibility index (Phi) is 4.11. The lowest BCUT2D eigenvalue weighted by molar-refractivity contribution is -0.386. The van der Waals surface area contributed by atoms with Crippen LogP contribution in [0.5, 0.6) is 0 Å². The van der Waals surface area contributed by atoms with E-state index in [0.717, 1.165) is 12.1 Å². The number of hydrogen-bond donors (Lipinski definition) is 2. The molecule has 0 aliphatic heterocycles. The van der Waals surface area contributed by atoms with Crippen molar-refractivity contribution in [3.63, 3.8) is 0 Å². The number of nitro benzene ring substituents is 1. The van der Waals surface area contributed by atoms with Crippen molar-refractivity contribution in [2.24, 2.45) is 0 Å². The first kappa shape index (κ1) is 13.8. The lowest BCUT2D eigenvalue weighted by atomic mass is 10.0. The van der Waals surface area contributed by atoms with Gasteiger partial charge in [0.15, 0.2) is 11.9 Å². The van der Waals surface area contributed by atoms with E-state index in [9.17, 15) is 24.8 Å². The quantitative estimate of drug-likeness (QED) is 0.464. The summed E-state index contributed by atoms with van der Waals surface area (Å²) in [5.41, 5.74) is -0.789. The highest BCUT2D eigenvalue weighted by Gasteiger charge is 2.26. The van der Waals surface area contributed by atoms with Crippen molar-refractivity contribution >= 4 is 17.4 Å². The van der Waals surface area contributed by atoms with Crippen molar-refractivity contribution < 1.29 is 24.7 Å². The summed E-state index contributed by atoms with van der Waals surface area (Å²) < 4.78 is 0. The third kappa shape index (κ3) is 2.69. The molecule has 0 saturated carbocycles. The molecule has 18 heavy (non-hydrogen) atoms. The number of hydrogen-bond acceptors (Lipinski definition) is 5. The molecule has 0 fully saturated rings. The Morgan fingerprint density at radius 3 is 2.50 bits per heavy atom. The molecule has 1 unspecified atom stereocenters. The Morgan fingerprint density at radius 1 is 1.44 bits per heavy atom. The smallest absolute Gasteiger partial charge is 0.337 e. The first-order valence-corrected chi connectivity index (χ1v) is 5.10. The van der Waals surface area contributed by atoms with Crippen LogP contribution >= 0.6 is 0 Å². The zero-order chi connectivity index (χ0) is 13.9. The Bertz CT molecular complexity index is 510. The van der Waals surface area contributed by atoms with Crippen LogP contribution in [0.2, 0.25) is 0 Å². The number of nitrogens with zero attached hydrogens (tertiary/aromatic N) is 1. The molecule has 0 amide bonds. The molecule has 0 radical (unpaired) electrons. The van der Waals surface area contributed by atoms with E-state index in [4.69, 9.17) is 5.11 Å². The average molecular weight is 253 g/mol. The molecule has 1 atom stereocenters. The van der Waals surface area contributed by atoms with Crippen LogP contribution in [0.4, 0.5) is 5.69 Å². The molecule has 0 aromatic heterocycles. The Morgan fingerprint density at radius 2 is 2.06 bits per heavy atom. The number of benzene rings is 1. The number of carbonyl (C=O) groups is 2. The summed E-state index contributed by atoms with van der Waals surface area (Å²) in [4.78, 5) is 32.0. The monoisotopic (exact) mass is 253 g/mol. The SMILES string of the molecule is CCC(=O)c1ccc([N+](=O)[O-])c(C(O)C(=O)O)c1. The Hall–Kier alpha value is -2.28. The van der Waals surface area contributed by atoms with Gasteiger partial charge in [-0.1, -0.05) is 6.92 Å². The number of rotatable bonds is 5. The third-order valence-corrected chi connectivity index (χ3v) is 2.40. The molecule has 96 valence electrons. The minimum Gasteiger partial charge on any atom is -0.479 e. The summed E-state index contributed by atoms with van der Waals surface area (Å²) in [6, 6.07) is 3.30. The van der Waals surface area contributed by atoms with Crippen LogP contribution in [0, 0.1) is 10.1 Å². The Balaban J connectivity index is 3.37. The number of aliphatic hydroxyl groups excluding tert-OH is 1. The molecular formula is C11H11NO6. The molecule has 7 heteroatoms. The normalized spacial score (nSPS) is 11.9. The minimum absolute atomic E-state index is 0.137. The van der Waals surface area contributed by atoms with Gasteiger partial charge in [0.1, 0.15) is 0 Å². The van der Waals surface area contributed by atoms with Gasteiger partial charge in [-0.3, -0.25) is 14.9 Å². The molecule has 1 aromatic rings. The lowest BCUT2D eigenvalue weighted by Crippen LogP contribution is -2.13. The maximum absolute atomic E-state index is 11.4. The van der Waals surface area contributed by atoms with Gasteiger partial charge in [0.05, 0.1) is 10.5 Å². The molecule has 0 aliphatic carbocycles. The zero-order valence-corrected chi connectivity index (χ0v) is 9.49. The second kappa shape index (κ2) is 5.37. The fourth-order valence-corrected chi connectivity index (χ4v) is 1.45. The largest absolute Gasteiger partial charge is 0.479 e. The van der Waals surface area contributed by atoms with Crippen LogP contribution in [0.3, 0.4) is 0 Å². The lowest BCUT2D eigenvalue weighted by Gasteiger charge is -2.08. The molecule has 0 aliphatic rings. The highest BCUT2D eigenvalue weighted by Crippen LogP contribution is 2.27. The van der Waals surface area contributed by atoms with Crippen LogP contribution in [-0.4, -0.2) is 26.9 Å². The summed E-state index contributed by atoms with van der Waals surface area (Å²) >= 11 is 0. The van der Waals surface area contributed by atoms with Crippen molar-refractivity contribution in [1.29, 1.82) is 0 Å². The molecule has 1 aromatic carbocycles. The van der Waals surface area contributed by atoms with E-state index in [1.54, 1.807) is 6.92 Å². The van der Waals surface area contributed by atoms with Crippen LogP contribution in [-0.2, 0) is 4.79 Å². The second-order valence-electron chi connectivity index (χ2n) is 3.55. The van der Waals surface area contributed by atoms with Gasteiger partial charge in [-0.2, -0.15) is 0 Å². The highest BCUT2D eigenvalue weighted by atomic mass is 16.6. The van der Waals surface area contributed by atoms with Gasteiger partial charge < -0.3 is 10.2 Å². The van der Waals surface area contributed by atoms with Gasteiger partial charge in [-0.25, -0.2) is 4.79 Å². The molecular weight excluding hydrogens is 242 g/mol. The zero-order valence-electron chi connectivity index (χ0n) is 9.49. The van der Waals surface area contributed by atoms with Crippen molar-refractivity contribution in [3.05, 3.63) is 39.4 Å². The number of carbonyl (C=O) groups excluding carboxylic acids is 1. The van der Waals surface area contributed by atoms with E-state index in [1.807, 2.05) is 0 Å². The van der Waals surface area contributed by atoms with Crippen LogP contribution in [0.1, 0.15) is 35.4 Å². The standard InChI is InChI=1S/C11H11NO6/c1-2-9(13)6-3-4-8(12(17)18)7(5-6)10(14)11(15)16/h3-5,10,14H,2H2,1H3,(H,15,16). The van der Waals surface area contributed by atoms with E-state index in [1.165, 1.54) is 6.07 Å². The predicted molar refractivity (Wildman–Crippen MR) is 60.3 cm³/mol. The van der Waals surface area contributed by atoms with Crippen molar-refractivity contribution in [2.45, 2.75) is 19.4 Å². The average Bonchev–Trinajstić information content (AvgIpc) is 2.35. The molecule has 2 N–H and O–H groups in total. The van der Waals surface area contributed by atoms with Gasteiger partial charge in [-0.05, 0) is 12.1 Å². The van der Waals surface area contributed by atoms with E-state index in [0.29, 0.717) is 0 Å². The molecule has 7 nitrogen and oxygen atoms in total. The second-order valence-corrected chi connectivity index (χ2v) is 3.55. The topological polar surface area (TPSA) is 118 Å². The summed E-state index contributed by atoms with van der Waals surface area (Å²) in [5.74, 6) is -1.90. The van der Waals surface area contributed by atoms with Crippen LogP contribution in [0.25, 0.3) is 0 Å². The number of aliphatic hydroxyl groups is 1. The number of Topliss-reactive ketones (excluding diaryl/α,β-unsaturated/α-hetero) is 1. The number of aliphatic carboxylic acids is 1. The van der Waals surface area contributed by atoms with Crippen molar-refractivity contribution in [3.8, 4) is 0 Å². The fourth-order valence-electron chi connectivity index (χ4n) is 1.45. The third-order valence-electron chi connectivity index (χ3n) is 2.40. The predicted octanol–water partition coefficient (Wildman–Crippen LogP) is 1.31. The van der Waals surface area contributed by atoms with Gasteiger partial charge in [0.2, 0.25) is 0 Å². The first-order valence-electron chi connectivity index (χ1n) is 5.10. The number of ketones is 1. The highest BCUT2D eigenvalue weighted by molar-refractivity contribution is 5.96. The minimum atomic E-state index is -2.03. The molecule has 0 saturated heterocycles. The van der Waals surface area contributed by atoms with Crippen molar-refractivity contribution in [2.75, 3.05) is 0 Å². The first-order chi connectivity index (χ1) is 8.38. The van der Waals surface area contributed by atoms with Crippen molar-refractivity contribution in [1.82, 2.24) is 0 Å². The molecule has 0 spiro atoms. The van der Waals surface area contributed by atoms with Gasteiger partial charge in [-0.15, -0.1) is 0 Å². The van der Waals surface area contributed by atoms with Gasteiger partial charge in [0.25, 0.3) is 5.69 Å². The molecule has 0 bridgehead atoms. The fraction of sp³-hybridized carbons (Fsp3) is 0.273. The van der Waals surface area contributed by atoms with Crippen LogP contribution < -0.4 is 0 Å². The van der Waals surface area contributed by atoms with E-state index in [2.05, 4.69) is 0 Å². The van der Waals surface area contributed by atoms with Gasteiger partial charge in [0, 0.05) is 18.1 Å².